The Balaban J connectivity index is 2.55. The van der Waals surface area contributed by atoms with Crippen molar-refractivity contribution in [3.63, 3.8) is 0 Å². The minimum Gasteiger partial charge on any atom is -0.374 e. The van der Waals surface area contributed by atoms with Crippen LogP contribution in [-0.4, -0.2) is 52.4 Å². The Labute approximate surface area is 131 Å². The second-order valence-electron chi connectivity index (χ2n) is 4.72. The quantitative estimate of drug-likeness (QED) is 0.548. The standard InChI is InChI=1S/C16H24O6/c1-13(17)16(22-12-19-3)15(21-11-18-2)10-20-9-14-7-5-4-6-8-14/h4-8,15-16H,9-12H2,1-3H3/t15-,16-/m0/s1. The Morgan fingerprint density at radius 2 is 1.68 bits per heavy atom. The van der Waals surface area contributed by atoms with E-state index in [4.69, 9.17) is 23.7 Å². The molecule has 0 aromatic heterocycles. The molecular formula is C16H24O6. The molecule has 124 valence electrons. The van der Waals surface area contributed by atoms with E-state index in [-0.39, 0.29) is 26.0 Å². The first-order chi connectivity index (χ1) is 10.7. The van der Waals surface area contributed by atoms with Gasteiger partial charge in [0.05, 0.1) is 13.2 Å². The molecule has 0 aliphatic carbocycles. The summed E-state index contributed by atoms with van der Waals surface area (Å²) in [6, 6.07) is 9.76. The molecule has 22 heavy (non-hydrogen) atoms. The van der Waals surface area contributed by atoms with E-state index in [1.807, 2.05) is 30.3 Å². The van der Waals surface area contributed by atoms with E-state index >= 15 is 0 Å². The highest BCUT2D eigenvalue weighted by Crippen LogP contribution is 2.09. The Morgan fingerprint density at radius 1 is 1.05 bits per heavy atom. The van der Waals surface area contributed by atoms with Gasteiger partial charge in [-0.25, -0.2) is 0 Å². The fraction of sp³-hybridized carbons (Fsp3) is 0.562. The minimum absolute atomic E-state index is 0.00970. The summed E-state index contributed by atoms with van der Waals surface area (Å²) in [6.45, 7) is 2.16. The molecule has 0 saturated heterocycles. The van der Waals surface area contributed by atoms with Gasteiger partial charge in [0.1, 0.15) is 25.8 Å². The van der Waals surface area contributed by atoms with E-state index in [1.54, 1.807) is 0 Å². The summed E-state index contributed by atoms with van der Waals surface area (Å²) < 4.78 is 26.3. The van der Waals surface area contributed by atoms with Crippen molar-refractivity contribution >= 4 is 5.78 Å². The number of methoxy groups -OCH3 is 2. The maximum absolute atomic E-state index is 11.7. The van der Waals surface area contributed by atoms with Crippen LogP contribution in [0.1, 0.15) is 12.5 Å². The van der Waals surface area contributed by atoms with Gasteiger partial charge in [-0.1, -0.05) is 30.3 Å². The molecule has 1 aromatic carbocycles. The zero-order valence-corrected chi connectivity index (χ0v) is 13.3. The van der Waals surface area contributed by atoms with Crippen LogP contribution in [0.5, 0.6) is 0 Å². The van der Waals surface area contributed by atoms with Crippen molar-refractivity contribution in [1.29, 1.82) is 0 Å². The highest BCUT2D eigenvalue weighted by Gasteiger charge is 2.28. The number of Topliss-reactive ketones (excluding diaryl/α,β-unsaturated/α-hetero) is 1. The first kappa shape index (κ1) is 18.7. The van der Waals surface area contributed by atoms with Crippen LogP contribution in [0, 0.1) is 0 Å². The van der Waals surface area contributed by atoms with Gasteiger partial charge in [0, 0.05) is 14.2 Å². The van der Waals surface area contributed by atoms with Crippen molar-refractivity contribution in [3.8, 4) is 0 Å². The Bertz CT molecular complexity index is 408. The lowest BCUT2D eigenvalue weighted by Gasteiger charge is -2.25. The summed E-state index contributed by atoms with van der Waals surface area (Å²) in [5.41, 5.74) is 1.05. The van der Waals surface area contributed by atoms with E-state index in [0.717, 1.165) is 5.56 Å². The summed E-state index contributed by atoms with van der Waals surface area (Å²) in [5, 5.41) is 0. The smallest absolute Gasteiger partial charge is 0.161 e. The lowest BCUT2D eigenvalue weighted by Crippen LogP contribution is -2.41. The van der Waals surface area contributed by atoms with Crippen LogP contribution in [0.25, 0.3) is 0 Å². The zero-order chi connectivity index (χ0) is 16.2. The average Bonchev–Trinajstić information content (AvgIpc) is 2.53. The number of carbonyl (C=O) groups excluding carboxylic acids is 1. The molecule has 0 N–H and O–H groups in total. The lowest BCUT2D eigenvalue weighted by atomic mass is 10.1. The topological polar surface area (TPSA) is 63.2 Å². The summed E-state index contributed by atoms with van der Waals surface area (Å²) in [5.74, 6) is -0.151. The van der Waals surface area contributed by atoms with Gasteiger partial charge in [-0.15, -0.1) is 0 Å². The summed E-state index contributed by atoms with van der Waals surface area (Å²) >= 11 is 0. The van der Waals surface area contributed by atoms with Gasteiger partial charge >= 0.3 is 0 Å². The van der Waals surface area contributed by atoms with Crippen molar-refractivity contribution in [2.24, 2.45) is 0 Å². The molecule has 6 nitrogen and oxygen atoms in total. The van der Waals surface area contributed by atoms with Crippen LogP contribution in [0.4, 0.5) is 0 Å². The van der Waals surface area contributed by atoms with E-state index in [2.05, 4.69) is 0 Å². The first-order valence-electron chi connectivity index (χ1n) is 7.02. The molecule has 0 spiro atoms. The summed E-state index contributed by atoms with van der Waals surface area (Å²) in [7, 11) is 3.01. The number of hydrogen-bond acceptors (Lipinski definition) is 6. The maximum Gasteiger partial charge on any atom is 0.161 e. The van der Waals surface area contributed by atoms with E-state index in [0.29, 0.717) is 6.61 Å². The lowest BCUT2D eigenvalue weighted by molar-refractivity contribution is -0.179. The van der Waals surface area contributed by atoms with Crippen molar-refractivity contribution < 1.29 is 28.5 Å². The van der Waals surface area contributed by atoms with Crippen LogP contribution in [-0.2, 0) is 35.1 Å². The molecule has 0 aliphatic rings. The van der Waals surface area contributed by atoms with Gasteiger partial charge < -0.3 is 23.7 Å². The van der Waals surface area contributed by atoms with Gasteiger partial charge in [0.25, 0.3) is 0 Å². The molecule has 1 rings (SSSR count). The van der Waals surface area contributed by atoms with Gasteiger partial charge in [-0.3, -0.25) is 4.79 Å². The predicted octanol–water partition coefficient (Wildman–Crippen LogP) is 1.77. The number of benzene rings is 1. The third kappa shape index (κ3) is 7.11. The molecule has 6 heteroatoms. The monoisotopic (exact) mass is 312 g/mol. The average molecular weight is 312 g/mol. The molecule has 0 radical (unpaired) electrons. The molecule has 0 aliphatic heterocycles. The predicted molar refractivity (Wildman–Crippen MR) is 80.3 cm³/mol. The SMILES string of the molecule is COCO[C@@H](COCc1ccccc1)[C@@H](OCOC)C(C)=O. The Morgan fingerprint density at radius 3 is 2.27 bits per heavy atom. The van der Waals surface area contributed by atoms with Crippen molar-refractivity contribution in [3.05, 3.63) is 35.9 Å². The highest BCUT2D eigenvalue weighted by atomic mass is 16.7. The zero-order valence-electron chi connectivity index (χ0n) is 13.3. The third-order valence-electron chi connectivity index (χ3n) is 2.90. The molecule has 0 fully saturated rings. The number of ketones is 1. The second-order valence-corrected chi connectivity index (χ2v) is 4.72. The van der Waals surface area contributed by atoms with Crippen LogP contribution in [0.15, 0.2) is 30.3 Å². The van der Waals surface area contributed by atoms with Gasteiger partial charge in [-0.2, -0.15) is 0 Å². The fourth-order valence-corrected chi connectivity index (χ4v) is 1.87. The molecule has 0 bridgehead atoms. The first-order valence-corrected chi connectivity index (χ1v) is 7.02. The number of rotatable bonds is 12. The summed E-state index contributed by atoms with van der Waals surface area (Å²) in [4.78, 5) is 11.7. The molecule has 1 aromatic rings. The van der Waals surface area contributed by atoms with Crippen molar-refractivity contribution in [1.82, 2.24) is 0 Å². The minimum atomic E-state index is -0.758. The molecule has 0 saturated carbocycles. The highest BCUT2D eigenvalue weighted by molar-refractivity contribution is 5.81. The molecule has 0 unspecified atom stereocenters. The largest absolute Gasteiger partial charge is 0.374 e. The van der Waals surface area contributed by atoms with Gasteiger partial charge in [-0.05, 0) is 12.5 Å². The van der Waals surface area contributed by atoms with Crippen LogP contribution in [0.3, 0.4) is 0 Å². The fourth-order valence-electron chi connectivity index (χ4n) is 1.87. The van der Waals surface area contributed by atoms with Gasteiger partial charge in [0.2, 0.25) is 0 Å². The van der Waals surface area contributed by atoms with E-state index in [9.17, 15) is 4.79 Å². The molecule has 0 heterocycles. The van der Waals surface area contributed by atoms with Gasteiger partial charge in [0.15, 0.2) is 5.78 Å². The van der Waals surface area contributed by atoms with Crippen LogP contribution >= 0.6 is 0 Å². The van der Waals surface area contributed by atoms with E-state index in [1.165, 1.54) is 21.1 Å². The molecular weight excluding hydrogens is 288 g/mol. The van der Waals surface area contributed by atoms with E-state index < -0.39 is 12.2 Å². The van der Waals surface area contributed by atoms with Crippen molar-refractivity contribution in [2.75, 3.05) is 34.4 Å². The Hall–Kier alpha value is -1.31. The summed E-state index contributed by atoms with van der Waals surface area (Å²) in [6.07, 6.45) is -1.32. The van der Waals surface area contributed by atoms with Crippen LogP contribution < -0.4 is 0 Å². The maximum atomic E-state index is 11.7. The molecule has 0 amide bonds. The Kier molecular flexibility index (Phi) is 9.61. The third-order valence-corrected chi connectivity index (χ3v) is 2.90. The van der Waals surface area contributed by atoms with Crippen molar-refractivity contribution in [2.45, 2.75) is 25.7 Å². The molecule has 2 atom stereocenters. The number of carbonyl (C=O) groups is 1. The second kappa shape index (κ2) is 11.3. The normalized spacial score (nSPS) is 13.8. The number of hydrogen-bond donors (Lipinski definition) is 0. The number of ether oxygens (including phenoxy) is 5. The van der Waals surface area contributed by atoms with Crippen LogP contribution in [0.2, 0.25) is 0 Å².